The fourth-order valence-electron chi connectivity index (χ4n) is 3.41. The molecule has 2 aromatic carbocycles. The van der Waals surface area contributed by atoms with Crippen molar-refractivity contribution in [1.29, 1.82) is 0 Å². The predicted molar refractivity (Wildman–Crippen MR) is 105 cm³/mol. The number of nitrogens with one attached hydrogen (secondary N) is 2. The van der Waals surface area contributed by atoms with Crippen LogP contribution in [0.15, 0.2) is 36.4 Å². The lowest BCUT2D eigenvalue weighted by molar-refractivity contribution is -0.133. The van der Waals surface area contributed by atoms with Gasteiger partial charge in [-0.3, -0.25) is 14.5 Å². The maximum atomic E-state index is 13.7. The predicted octanol–water partition coefficient (Wildman–Crippen LogP) is 2.31. The third-order valence-corrected chi connectivity index (χ3v) is 5.15. The van der Waals surface area contributed by atoms with E-state index in [1.165, 1.54) is 12.1 Å². The van der Waals surface area contributed by atoms with Crippen LogP contribution in [0.25, 0.3) is 0 Å². The number of anilines is 1. The Morgan fingerprint density at radius 3 is 2.63 bits per heavy atom. The summed E-state index contributed by atoms with van der Waals surface area (Å²) >= 11 is 0. The van der Waals surface area contributed by atoms with Crippen LogP contribution >= 0.6 is 0 Å². The Morgan fingerprint density at radius 2 is 1.90 bits per heavy atom. The molecule has 1 fully saturated rings. The molecule has 0 unspecified atom stereocenters. The minimum absolute atomic E-state index is 0.241. The zero-order valence-corrected chi connectivity index (χ0v) is 16.5. The Bertz CT molecular complexity index is 1060. The molecule has 0 radical (unpaired) electrons. The third-order valence-electron chi connectivity index (χ3n) is 5.15. The number of hydrogen-bond acceptors (Lipinski definition) is 5. The van der Waals surface area contributed by atoms with Gasteiger partial charge in [0.1, 0.15) is 31.1 Å². The number of ether oxygens (including phenoxy) is 2. The topological polar surface area (TPSA) is 97.0 Å². The van der Waals surface area contributed by atoms with E-state index in [1.807, 2.05) is 0 Å². The molecule has 156 valence electrons. The Balaban J connectivity index is 1.50. The summed E-state index contributed by atoms with van der Waals surface area (Å²) in [6.07, 6.45) is 0. The van der Waals surface area contributed by atoms with E-state index in [4.69, 9.17) is 9.47 Å². The second-order valence-corrected chi connectivity index (χ2v) is 7.32. The number of rotatable bonds is 4. The monoisotopic (exact) mass is 413 g/mol. The number of nitrogens with zero attached hydrogens (tertiary/aromatic N) is 1. The second-order valence-electron chi connectivity index (χ2n) is 7.32. The van der Waals surface area contributed by atoms with Crippen LogP contribution in [0.5, 0.6) is 11.5 Å². The van der Waals surface area contributed by atoms with Gasteiger partial charge in [-0.1, -0.05) is 12.1 Å². The Kier molecular flexibility index (Phi) is 4.81. The molecule has 30 heavy (non-hydrogen) atoms. The molecule has 2 heterocycles. The molecule has 0 spiro atoms. The molecule has 4 rings (SSSR count). The number of aryl methyl sites for hydroxylation is 1. The number of fused-ring (bicyclic) bond motifs is 1. The van der Waals surface area contributed by atoms with Crippen LogP contribution < -0.4 is 20.1 Å². The van der Waals surface area contributed by atoms with Gasteiger partial charge in [0, 0.05) is 5.69 Å². The van der Waals surface area contributed by atoms with Crippen molar-refractivity contribution in [2.45, 2.75) is 19.4 Å². The zero-order valence-electron chi connectivity index (χ0n) is 16.5. The molecule has 0 aromatic heterocycles. The van der Waals surface area contributed by atoms with Crippen LogP contribution in [0.4, 0.5) is 14.9 Å². The van der Waals surface area contributed by atoms with Gasteiger partial charge in [-0.2, -0.15) is 0 Å². The van der Waals surface area contributed by atoms with Crippen molar-refractivity contribution in [2.75, 3.05) is 25.1 Å². The highest BCUT2D eigenvalue weighted by atomic mass is 19.1. The second kappa shape index (κ2) is 7.33. The van der Waals surface area contributed by atoms with E-state index in [-0.39, 0.29) is 5.69 Å². The van der Waals surface area contributed by atoms with E-state index in [0.29, 0.717) is 35.8 Å². The van der Waals surface area contributed by atoms with Crippen molar-refractivity contribution < 1.29 is 28.2 Å². The van der Waals surface area contributed by atoms with Gasteiger partial charge < -0.3 is 20.1 Å². The highest BCUT2D eigenvalue weighted by Crippen LogP contribution is 2.36. The fraction of sp³-hybridized carbons (Fsp3) is 0.286. The summed E-state index contributed by atoms with van der Waals surface area (Å²) in [5.74, 6) is -0.608. The van der Waals surface area contributed by atoms with E-state index in [0.717, 1.165) is 4.90 Å². The maximum Gasteiger partial charge on any atom is 0.325 e. The molecule has 2 N–H and O–H groups in total. The lowest BCUT2D eigenvalue weighted by atomic mass is 9.91. The lowest BCUT2D eigenvalue weighted by Gasteiger charge is -2.25. The molecule has 0 saturated carbocycles. The summed E-state index contributed by atoms with van der Waals surface area (Å²) in [4.78, 5) is 38.7. The van der Waals surface area contributed by atoms with E-state index in [1.54, 1.807) is 38.1 Å². The summed E-state index contributed by atoms with van der Waals surface area (Å²) in [7, 11) is 0. The normalized spacial score (nSPS) is 20.2. The summed E-state index contributed by atoms with van der Waals surface area (Å²) in [6, 6.07) is 8.55. The molecule has 9 heteroatoms. The van der Waals surface area contributed by atoms with Gasteiger partial charge >= 0.3 is 6.03 Å². The molecule has 0 aliphatic carbocycles. The molecule has 4 amide bonds. The quantitative estimate of drug-likeness (QED) is 0.750. The minimum atomic E-state index is -1.36. The zero-order chi connectivity index (χ0) is 21.5. The SMILES string of the molecule is Cc1ccc(NC(=O)CN2C(=O)N[C@](C)(c3ccc4c(c3)OCCO4)C2=O)cc1F. The summed E-state index contributed by atoms with van der Waals surface area (Å²) in [5, 5.41) is 5.14. The first-order valence-electron chi connectivity index (χ1n) is 9.38. The van der Waals surface area contributed by atoms with Crippen LogP contribution in [0.1, 0.15) is 18.1 Å². The highest BCUT2D eigenvalue weighted by Gasteiger charge is 2.49. The average Bonchev–Trinajstić information content (AvgIpc) is 2.94. The van der Waals surface area contributed by atoms with E-state index >= 15 is 0 Å². The van der Waals surface area contributed by atoms with Gasteiger partial charge in [-0.05, 0) is 49.2 Å². The van der Waals surface area contributed by atoms with Crippen molar-refractivity contribution in [3.8, 4) is 11.5 Å². The fourth-order valence-corrected chi connectivity index (χ4v) is 3.41. The third kappa shape index (κ3) is 3.42. The van der Waals surface area contributed by atoms with Crippen molar-refractivity contribution in [2.24, 2.45) is 0 Å². The highest BCUT2D eigenvalue weighted by molar-refractivity contribution is 6.10. The molecule has 2 aliphatic heterocycles. The Hall–Kier alpha value is -3.62. The molecule has 1 saturated heterocycles. The number of imide groups is 1. The number of carbonyl (C=O) groups excluding carboxylic acids is 3. The minimum Gasteiger partial charge on any atom is -0.486 e. The number of carbonyl (C=O) groups is 3. The van der Waals surface area contributed by atoms with Crippen LogP contribution in [0.3, 0.4) is 0 Å². The van der Waals surface area contributed by atoms with Crippen LogP contribution in [0.2, 0.25) is 0 Å². The molecule has 2 aliphatic rings. The van der Waals surface area contributed by atoms with Gasteiger partial charge in [0.25, 0.3) is 5.91 Å². The van der Waals surface area contributed by atoms with Gasteiger partial charge in [-0.15, -0.1) is 0 Å². The Labute approximate surface area is 171 Å². The number of halogens is 1. The first-order valence-corrected chi connectivity index (χ1v) is 9.38. The van der Waals surface area contributed by atoms with E-state index in [9.17, 15) is 18.8 Å². The van der Waals surface area contributed by atoms with Crippen molar-refractivity contribution >= 4 is 23.5 Å². The first-order chi connectivity index (χ1) is 14.3. The molecule has 8 nitrogen and oxygen atoms in total. The van der Waals surface area contributed by atoms with Crippen LogP contribution in [0, 0.1) is 12.7 Å². The largest absolute Gasteiger partial charge is 0.486 e. The van der Waals surface area contributed by atoms with Crippen LogP contribution in [-0.2, 0) is 15.1 Å². The van der Waals surface area contributed by atoms with Gasteiger partial charge in [-0.25, -0.2) is 9.18 Å². The van der Waals surface area contributed by atoms with Gasteiger partial charge in [0.2, 0.25) is 5.91 Å². The summed E-state index contributed by atoms with van der Waals surface area (Å²) < 4.78 is 24.7. The van der Waals surface area contributed by atoms with Gasteiger partial charge in [0.05, 0.1) is 0 Å². The smallest absolute Gasteiger partial charge is 0.325 e. The molecule has 0 bridgehead atoms. The number of urea groups is 1. The standard InChI is InChI=1S/C21H20FN3O5/c1-12-3-5-14(10-15(12)22)23-18(26)11-25-19(27)21(2,24-20(25)28)13-4-6-16-17(9-13)30-8-7-29-16/h3-6,9-10H,7-8,11H2,1-2H3,(H,23,26)(H,24,28)/t21-/m1/s1. The number of amides is 4. The Morgan fingerprint density at radius 1 is 1.17 bits per heavy atom. The van der Waals surface area contributed by atoms with Crippen molar-refractivity contribution in [1.82, 2.24) is 10.2 Å². The number of benzene rings is 2. The molecule has 1 atom stereocenters. The lowest BCUT2D eigenvalue weighted by Crippen LogP contribution is -2.42. The average molecular weight is 413 g/mol. The maximum absolute atomic E-state index is 13.7. The van der Waals surface area contributed by atoms with Crippen molar-refractivity contribution in [3.63, 3.8) is 0 Å². The number of hydrogen-bond donors (Lipinski definition) is 2. The van der Waals surface area contributed by atoms with E-state index < -0.39 is 35.7 Å². The van der Waals surface area contributed by atoms with Gasteiger partial charge in [0.15, 0.2) is 11.5 Å². The summed E-state index contributed by atoms with van der Waals surface area (Å²) in [5.41, 5.74) is -0.168. The molecular formula is C21H20FN3O5. The first kappa shape index (κ1) is 19.7. The van der Waals surface area contributed by atoms with E-state index in [2.05, 4.69) is 10.6 Å². The molecule has 2 aromatic rings. The van der Waals surface area contributed by atoms with Crippen molar-refractivity contribution in [3.05, 3.63) is 53.3 Å². The molecular weight excluding hydrogens is 393 g/mol. The van der Waals surface area contributed by atoms with Crippen LogP contribution in [-0.4, -0.2) is 42.5 Å². The summed E-state index contributed by atoms with van der Waals surface area (Å²) in [6.45, 7) is 3.49.